The van der Waals surface area contributed by atoms with Gasteiger partial charge in [-0.05, 0) is 42.7 Å². The molecule has 0 radical (unpaired) electrons. The maximum absolute atomic E-state index is 13.3. The van der Waals surface area contributed by atoms with E-state index in [2.05, 4.69) is 0 Å². The fourth-order valence-electron chi connectivity index (χ4n) is 4.15. The molecule has 3 heterocycles. The van der Waals surface area contributed by atoms with Crippen LogP contribution in [0.4, 0.5) is 0 Å². The molecule has 0 aliphatic carbocycles. The fraction of sp³-hybridized carbons (Fsp3) is 0.273. The first-order valence-corrected chi connectivity index (χ1v) is 9.75. The lowest BCUT2D eigenvalue weighted by molar-refractivity contribution is 0.0486. The Bertz CT molecular complexity index is 1120. The van der Waals surface area contributed by atoms with Gasteiger partial charge in [0, 0.05) is 18.2 Å². The van der Waals surface area contributed by atoms with E-state index in [4.69, 9.17) is 20.8 Å². The lowest BCUT2D eigenvalue weighted by atomic mass is 9.98. The number of hydrogen-bond donors (Lipinski definition) is 0. The predicted octanol–water partition coefficient (Wildman–Crippen LogP) is 4.17. The number of halogens is 1. The quantitative estimate of drug-likeness (QED) is 0.667. The molecule has 0 spiro atoms. The molecule has 142 valence electrons. The summed E-state index contributed by atoms with van der Waals surface area (Å²) >= 11 is 6.05. The largest absolute Gasteiger partial charge is 0.450 e. The van der Waals surface area contributed by atoms with E-state index in [1.54, 1.807) is 41.3 Å². The van der Waals surface area contributed by atoms with Crippen LogP contribution in [0.5, 0.6) is 0 Å². The third kappa shape index (κ3) is 2.74. The van der Waals surface area contributed by atoms with E-state index in [0.717, 1.165) is 18.4 Å². The molecule has 1 fully saturated rings. The topological polar surface area (TPSA) is 59.8 Å². The van der Waals surface area contributed by atoms with Gasteiger partial charge in [0.2, 0.25) is 5.76 Å². The number of carbonyl (C=O) groups is 1. The Morgan fingerprint density at radius 2 is 1.86 bits per heavy atom. The van der Waals surface area contributed by atoms with Gasteiger partial charge >= 0.3 is 0 Å². The molecular formula is C22H18ClNO4. The van der Waals surface area contributed by atoms with Gasteiger partial charge in [0.05, 0.1) is 23.1 Å². The molecule has 2 unspecified atom stereocenters. The average molecular weight is 396 g/mol. The Labute approximate surface area is 166 Å². The zero-order valence-corrected chi connectivity index (χ0v) is 15.8. The van der Waals surface area contributed by atoms with Crippen LogP contribution < -0.4 is 5.43 Å². The van der Waals surface area contributed by atoms with Crippen molar-refractivity contribution in [3.8, 4) is 0 Å². The Morgan fingerprint density at radius 1 is 1.07 bits per heavy atom. The summed E-state index contributed by atoms with van der Waals surface area (Å²) in [6, 6.07) is 13.8. The molecule has 2 aliphatic rings. The summed E-state index contributed by atoms with van der Waals surface area (Å²) in [6.45, 7) is 1.12. The van der Waals surface area contributed by atoms with Gasteiger partial charge in [-0.1, -0.05) is 35.9 Å². The van der Waals surface area contributed by atoms with Crippen molar-refractivity contribution < 1.29 is 13.9 Å². The fourth-order valence-corrected chi connectivity index (χ4v) is 4.28. The molecule has 2 atom stereocenters. The van der Waals surface area contributed by atoms with Crippen LogP contribution in [0.3, 0.4) is 0 Å². The van der Waals surface area contributed by atoms with E-state index >= 15 is 0 Å². The van der Waals surface area contributed by atoms with Crippen LogP contribution in [0.2, 0.25) is 5.02 Å². The van der Waals surface area contributed by atoms with Gasteiger partial charge in [0.25, 0.3) is 5.91 Å². The van der Waals surface area contributed by atoms with E-state index in [1.165, 1.54) is 0 Å². The number of rotatable bonds is 3. The maximum atomic E-state index is 13.3. The highest BCUT2D eigenvalue weighted by Crippen LogP contribution is 2.39. The van der Waals surface area contributed by atoms with Gasteiger partial charge in [-0.25, -0.2) is 0 Å². The van der Waals surface area contributed by atoms with Crippen LogP contribution >= 0.6 is 11.6 Å². The second kappa shape index (κ2) is 6.76. The SMILES string of the molecule is O=C1c2oc3ccccc3c(=O)c2C(c2ccc(Cl)cc2)N1CC1CCCO1. The number of benzene rings is 2. The van der Waals surface area contributed by atoms with Crippen LogP contribution in [-0.2, 0) is 4.74 Å². The summed E-state index contributed by atoms with van der Waals surface area (Å²) in [5, 5.41) is 1.08. The van der Waals surface area contributed by atoms with Crippen molar-refractivity contribution in [1.82, 2.24) is 4.90 Å². The Kier molecular flexibility index (Phi) is 4.22. The summed E-state index contributed by atoms with van der Waals surface area (Å²) in [7, 11) is 0. The van der Waals surface area contributed by atoms with Crippen molar-refractivity contribution in [3.05, 3.63) is 80.7 Å². The van der Waals surface area contributed by atoms with Crippen LogP contribution in [0.25, 0.3) is 11.0 Å². The van der Waals surface area contributed by atoms with Crippen molar-refractivity contribution in [2.45, 2.75) is 25.0 Å². The Hall–Kier alpha value is -2.63. The highest BCUT2D eigenvalue weighted by Gasteiger charge is 2.43. The minimum atomic E-state index is -0.509. The molecule has 6 heteroatoms. The molecular weight excluding hydrogens is 378 g/mol. The first kappa shape index (κ1) is 17.5. The van der Waals surface area contributed by atoms with Gasteiger partial charge in [-0.3, -0.25) is 9.59 Å². The molecule has 1 saturated heterocycles. The minimum Gasteiger partial charge on any atom is -0.450 e. The smallest absolute Gasteiger partial charge is 0.291 e. The predicted molar refractivity (Wildman–Crippen MR) is 106 cm³/mol. The molecule has 3 aromatic rings. The number of ether oxygens (including phenoxy) is 1. The van der Waals surface area contributed by atoms with Gasteiger partial charge < -0.3 is 14.1 Å². The number of fused-ring (bicyclic) bond motifs is 2. The van der Waals surface area contributed by atoms with E-state index in [9.17, 15) is 9.59 Å². The average Bonchev–Trinajstić information content (AvgIpc) is 3.31. The third-order valence-corrected chi connectivity index (χ3v) is 5.74. The van der Waals surface area contributed by atoms with Crippen molar-refractivity contribution in [1.29, 1.82) is 0 Å². The molecule has 5 nitrogen and oxygen atoms in total. The van der Waals surface area contributed by atoms with Crippen LogP contribution in [-0.4, -0.2) is 30.1 Å². The first-order valence-electron chi connectivity index (χ1n) is 9.37. The van der Waals surface area contributed by atoms with Gasteiger partial charge in [-0.2, -0.15) is 0 Å². The summed E-state index contributed by atoms with van der Waals surface area (Å²) in [5.74, 6) is -0.144. The van der Waals surface area contributed by atoms with E-state index < -0.39 is 6.04 Å². The summed E-state index contributed by atoms with van der Waals surface area (Å²) in [6.07, 6.45) is 1.85. The van der Waals surface area contributed by atoms with E-state index in [1.807, 2.05) is 12.1 Å². The van der Waals surface area contributed by atoms with Crippen LogP contribution in [0.1, 0.15) is 40.6 Å². The lowest BCUT2D eigenvalue weighted by Gasteiger charge is -2.27. The molecule has 0 N–H and O–H groups in total. The monoisotopic (exact) mass is 395 g/mol. The minimum absolute atomic E-state index is 0.0300. The molecule has 1 amide bonds. The normalized spacial score (nSPS) is 21.5. The third-order valence-electron chi connectivity index (χ3n) is 5.48. The second-order valence-corrected chi connectivity index (χ2v) is 7.65. The standard InChI is InChI=1S/C22H18ClNO4/c23-14-9-7-13(8-10-14)19-18-20(25)16-5-1-2-6-17(16)28-21(18)22(26)24(19)12-15-4-3-11-27-15/h1-2,5-10,15,19H,3-4,11-12H2. The first-order chi connectivity index (χ1) is 13.6. The number of nitrogens with zero attached hydrogens (tertiary/aromatic N) is 1. The van der Waals surface area contributed by atoms with Crippen molar-refractivity contribution in [3.63, 3.8) is 0 Å². The zero-order chi connectivity index (χ0) is 19.3. The zero-order valence-electron chi connectivity index (χ0n) is 15.1. The molecule has 1 aromatic heterocycles. The highest BCUT2D eigenvalue weighted by atomic mass is 35.5. The summed E-state index contributed by atoms with van der Waals surface area (Å²) in [4.78, 5) is 28.2. The maximum Gasteiger partial charge on any atom is 0.291 e. The van der Waals surface area contributed by atoms with Crippen LogP contribution in [0.15, 0.2) is 57.7 Å². The number of amides is 1. The van der Waals surface area contributed by atoms with Gasteiger partial charge in [-0.15, -0.1) is 0 Å². The summed E-state index contributed by atoms with van der Waals surface area (Å²) in [5.41, 5.74) is 1.48. The molecule has 2 aromatic carbocycles. The number of carbonyl (C=O) groups excluding carboxylic acids is 1. The molecule has 2 aliphatic heterocycles. The van der Waals surface area contributed by atoms with Crippen molar-refractivity contribution in [2.75, 3.05) is 13.2 Å². The van der Waals surface area contributed by atoms with Crippen LogP contribution in [0, 0.1) is 0 Å². The highest BCUT2D eigenvalue weighted by molar-refractivity contribution is 6.30. The van der Waals surface area contributed by atoms with Gasteiger partial charge in [0.15, 0.2) is 5.43 Å². The van der Waals surface area contributed by atoms with E-state index in [0.29, 0.717) is 34.7 Å². The number of hydrogen-bond acceptors (Lipinski definition) is 4. The lowest BCUT2D eigenvalue weighted by Crippen LogP contribution is -2.36. The van der Waals surface area contributed by atoms with Crippen molar-refractivity contribution in [2.24, 2.45) is 0 Å². The molecule has 5 rings (SSSR count). The molecule has 28 heavy (non-hydrogen) atoms. The number of para-hydroxylation sites is 1. The Morgan fingerprint density at radius 3 is 2.61 bits per heavy atom. The summed E-state index contributed by atoms with van der Waals surface area (Å²) < 4.78 is 11.7. The van der Waals surface area contributed by atoms with Crippen molar-refractivity contribution >= 4 is 28.5 Å². The molecule has 0 saturated carbocycles. The van der Waals surface area contributed by atoms with Gasteiger partial charge in [0.1, 0.15) is 5.58 Å². The second-order valence-electron chi connectivity index (χ2n) is 7.22. The van der Waals surface area contributed by atoms with E-state index in [-0.39, 0.29) is 23.2 Å². The Balaban J connectivity index is 1.70. The molecule has 0 bridgehead atoms.